The molecule has 0 radical (unpaired) electrons. The highest BCUT2D eigenvalue weighted by molar-refractivity contribution is 6.04. The van der Waals surface area contributed by atoms with E-state index in [0.717, 1.165) is 24.2 Å². The molecule has 0 atom stereocenters. The van der Waals surface area contributed by atoms with E-state index >= 15 is 0 Å². The number of hydrogen-bond donors (Lipinski definition) is 2. The summed E-state index contributed by atoms with van der Waals surface area (Å²) in [4.78, 5) is 38.2. The molecule has 0 aliphatic carbocycles. The normalized spacial score (nSPS) is 13.1. The summed E-state index contributed by atoms with van der Waals surface area (Å²) in [5.74, 6) is 1.90. The lowest BCUT2D eigenvalue weighted by molar-refractivity contribution is -0.117. The Kier molecular flexibility index (Phi) is 6.07. The number of carbonyl (C=O) groups excluding carboxylic acids is 3. The van der Waals surface area contributed by atoms with Gasteiger partial charge in [0, 0.05) is 18.7 Å². The van der Waals surface area contributed by atoms with Crippen LogP contribution in [0, 0.1) is 12.3 Å². The first kappa shape index (κ1) is 19.2. The van der Waals surface area contributed by atoms with Gasteiger partial charge in [-0.05, 0) is 36.2 Å². The zero-order valence-electron chi connectivity index (χ0n) is 15.4. The number of rotatable bonds is 6. The van der Waals surface area contributed by atoms with Crippen molar-refractivity contribution in [2.75, 3.05) is 23.3 Å². The monoisotopic (exact) mass is 375 g/mol. The van der Waals surface area contributed by atoms with Crippen LogP contribution < -0.4 is 15.5 Å². The lowest BCUT2D eigenvalue weighted by Gasteiger charge is -2.16. The van der Waals surface area contributed by atoms with Crippen molar-refractivity contribution in [2.24, 2.45) is 0 Å². The van der Waals surface area contributed by atoms with Crippen LogP contribution in [0.25, 0.3) is 0 Å². The third-order valence-corrected chi connectivity index (χ3v) is 4.48. The van der Waals surface area contributed by atoms with Crippen LogP contribution in [-0.2, 0) is 16.0 Å². The summed E-state index contributed by atoms with van der Waals surface area (Å²) in [7, 11) is 0. The molecule has 0 saturated carbocycles. The fourth-order valence-corrected chi connectivity index (χ4v) is 3.11. The van der Waals surface area contributed by atoms with Crippen molar-refractivity contribution in [3.63, 3.8) is 0 Å². The molecule has 1 heterocycles. The minimum Gasteiger partial charge on any atom is -0.341 e. The molecule has 0 unspecified atom stereocenters. The summed E-state index contributed by atoms with van der Waals surface area (Å²) in [6.07, 6.45) is 6.78. The summed E-state index contributed by atoms with van der Waals surface area (Å²) >= 11 is 0. The number of amides is 3. The highest BCUT2D eigenvalue weighted by atomic mass is 16.2. The van der Waals surface area contributed by atoms with Gasteiger partial charge in [-0.3, -0.25) is 14.4 Å². The number of hydrogen-bond acceptors (Lipinski definition) is 3. The maximum atomic E-state index is 12.4. The topological polar surface area (TPSA) is 78.5 Å². The molecule has 3 rings (SSSR count). The highest BCUT2D eigenvalue weighted by Crippen LogP contribution is 2.22. The lowest BCUT2D eigenvalue weighted by Crippen LogP contribution is -2.25. The molecule has 6 heteroatoms. The second-order valence-corrected chi connectivity index (χ2v) is 6.47. The second kappa shape index (κ2) is 8.87. The van der Waals surface area contributed by atoms with Gasteiger partial charge >= 0.3 is 0 Å². The molecule has 6 nitrogen and oxygen atoms in total. The summed E-state index contributed by atoms with van der Waals surface area (Å²) < 4.78 is 0. The number of carbonyl (C=O) groups is 3. The smallest absolute Gasteiger partial charge is 0.254 e. The molecular formula is C22H21N3O3. The van der Waals surface area contributed by atoms with Gasteiger partial charge in [0.05, 0.1) is 24.2 Å². The molecule has 0 spiro atoms. The van der Waals surface area contributed by atoms with Gasteiger partial charge in [-0.25, -0.2) is 0 Å². The van der Waals surface area contributed by atoms with Gasteiger partial charge in [0.1, 0.15) is 0 Å². The average Bonchev–Trinajstić information content (AvgIpc) is 3.13. The van der Waals surface area contributed by atoms with E-state index in [0.29, 0.717) is 17.7 Å². The highest BCUT2D eigenvalue weighted by Gasteiger charge is 2.21. The van der Waals surface area contributed by atoms with Crippen molar-refractivity contribution in [1.29, 1.82) is 0 Å². The minimum atomic E-state index is -0.339. The molecule has 0 aromatic heterocycles. The zero-order valence-corrected chi connectivity index (χ0v) is 15.4. The van der Waals surface area contributed by atoms with E-state index in [1.165, 1.54) is 0 Å². The Morgan fingerprint density at radius 3 is 2.54 bits per heavy atom. The van der Waals surface area contributed by atoms with Gasteiger partial charge in [-0.15, -0.1) is 6.42 Å². The quantitative estimate of drug-likeness (QED) is 0.761. The molecule has 2 aromatic rings. The predicted molar refractivity (Wildman–Crippen MR) is 108 cm³/mol. The first-order valence-corrected chi connectivity index (χ1v) is 9.08. The van der Waals surface area contributed by atoms with Crippen molar-refractivity contribution in [1.82, 2.24) is 5.32 Å². The van der Waals surface area contributed by atoms with Gasteiger partial charge in [0.15, 0.2) is 0 Å². The van der Waals surface area contributed by atoms with Crippen molar-refractivity contribution < 1.29 is 14.4 Å². The molecule has 1 aliphatic heterocycles. The van der Waals surface area contributed by atoms with Crippen LogP contribution in [0.2, 0.25) is 0 Å². The van der Waals surface area contributed by atoms with E-state index in [4.69, 9.17) is 6.42 Å². The number of nitrogens with zero attached hydrogens (tertiary/aromatic N) is 1. The Bertz CT molecular complexity index is 929. The van der Waals surface area contributed by atoms with Gasteiger partial charge < -0.3 is 15.5 Å². The Morgan fingerprint density at radius 2 is 1.86 bits per heavy atom. The molecule has 1 saturated heterocycles. The van der Waals surface area contributed by atoms with Crippen molar-refractivity contribution in [3.05, 3.63) is 59.7 Å². The standard InChI is InChI=1S/C22H21N3O3/c1-2-13-23-22(28)18-6-3-4-7-19(18)24-20(26)15-16-9-11-17(12-10-16)25-14-5-8-21(25)27/h1,3-4,6-7,9-12H,5,8,13-15H2,(H,23,28)(H,24,26). The van der Waals surface area contributed by atoms with Gasteiger partial charge in [-0.1, -0.05) is 30.2 Å². The predicted octanol–water partition coefficient (Wildman–Crippen LogP) is 2.36. The number of para-hydroxylation sites is 1. The average molecular weight is 375 g/mol. The van der Waals surface area contributed by atoms with Gasteiger partial charge in [0.25, 0.3) is 5.91 Å². The molecule has 3 amide bonds. The van der Waals surface area contributed by atoms with E-state index < -0.39 is 0 Å². The molecule has 1 aliphatic rings. The van der Waals surface area contributed by atoms with Crippen LogP contribution in [0.15, 0.2) is 48.5 Å². The Balaban J connectivity index is 1.64. The van der Waals surface area contributed by atoms with E-state index in [1.807, 2.05) is 24.3 Å². The number of nitrogens with one attached hydrogen (secondary N) is 2. The SMILES string of the molecule is C#CCNC(=O)c1ccccc1NC(=O)Cc1ccc(N2CCCC2=O)cc1. The van der Waals surface area contributed by atoms with Crippen LogP contribution in [0.4, 0.5) is 11.4 Å². The van der Waals surface area contributed by atoms with E-state index in [-0.39, 0.29) is 30.7 Å². The Hall–Kier alpha value is -3.59. The van der Waals surface area contributed by atoms with E-state index in [9.17, 15) is 14.4 Å². The third kappa shape index (κ3) is 4.57. The molecule has 1 fully saturated rings. The summed E-state index contributed by atoms with van der Waals surface area (Å²) in [5, 5.41) is 5.37. The first-order valence-electron chi connectivity index (χ1n) is 9.08. The molecule has 28 heavy (non-hydrogen) atoms. The van der Waals surface area contributed by atoms with E-state index in [2.05, 4.69) is 16.6 Å². The zero-order chi connectivity index (χ0) is 19.9. The van der Waals surface area contributed by atoms with Crippen molar-refractivity contribution in [2.45, 2.75) is 19.3 Å². The number of anilines is 2. The van der Waals surface area contributed by atoms with Gasteiger partial charge in [0.2, 0.25) is 11.8 Å². The number of terminal acetylenes is 1. The third-order valence-electron chi connectivity index (χ3n) is 4.48. The molecule has 2 aromatic carbocycles. The van der Waals surface area contributed by atoms with Crippen molar-refractivity contribution in [3.8, 4) is 12.3 Å². The largest absolute Gasteiger partial charge is 0.341 e. The molecule has 2 N–H and O–H groups in total. The van der Waals surface area contributed by atoms with Gasteiger partial charge in [-0.2, -0.15) is 0 Å². The summed E-state index contributed by atoms with van der Waals surface area (Å²) in [6.45, 7) is 0.851. The summed E-state index contributed by atoms with van der Waals surface area (Å²) in [5.41, 5.74) is 2.46. The fourth-order valence-electron chi connectivity index (χ4n) is 3.11. The first-order chi connectivity index (χ1) is 13.6. The lowest BCUT2D eigenvalue weighted by atomic mass is 10.1. The molecular weight excluding hydrogens is 354 g/mol. The van der Waals surface area contributed by atoms with Crippen LogP contribution in [0.3, 0.4) is 0 Å². The number of benzene rings is 2. The Morgan fingerprint density at radius 1 is 1.11 bits per heavy atom. The Labute approximate surface area is 163 Å². The maximum Gasteiger partial charge on any atom is 0.254 e. The second-order valence-electron chi connectivity index (χ2n) is 6.47. The summed E-state index contributed by atoms with van der Waals surface area (Å²) in [6, 6.07) is 14.2. The van der Waals surface area contributed by atoms with Crippen LogP contribution in [-0.4, -0.2) is 30.8 Å². The van der Waals surface area contributed by atoms with E-state index in [1.54, 1.807) is 29.2 Å². The maximum absolute atomic E-state index is 12.4. The van der Waals surface area contributed by atoms with Crippen LogP contribution >= 0.6 is 0 Å². The fraction of sp³-hybridized carbons (Fsp3) is 0.227. The van der Waals surface area contributed by atoms with Crippen molar-refractivity contribution >= 4 is 29.1 Å². The molecule has 142 valence electrons. The van der Waals surface area contributed by atoms with Crippen LogP contribution in [0.1, 0.15) is 28.8 Å². The van der Waals surface area contributed by atoms with Crippen LogP contribution in [0.5, 0.6) is 0 Å². The molecule has 0 bridgehead atoms. The minimum absolute atomic E-state index is 0.118.